The first-order chi connectivity index (χ1) is 11.0. The van der Waals surface area contributed by atoms with E-state index in [4.69, 9.17) is 10.5 Å². The molecule has 1 amide bonds. The minimum absolute atomic E-state index is 0. The molecular weight excluding hydrogens is 392 g/mol. The molecule has 0 bridgehead atoms. The molecule has 0 fully saturated rings. The fourth-order valence-corrected chi connectivity index (χ4v) is 2.53. The second-order valence-corrected chi connectivity index (χ2v) is 6.34. The van der Waals surface area contributed by atoms with Crippen LogP contribution in [0.15, 0.2) is 59.1 Å². The van der Waals surface area contributed by atoms with E-state index in [-0.39, 0.29) is 24.4 Å². The molecule has 2 aromatic carbocycles. The molecule has 0 saturated carbocycles. The number of carbonyl (C=O) groups excluding carboxylic acids is 1. The van der Waals surface area contributed by atoms with E-state index in [1.807, 2.05) is 61.5 Å². The van der Waals surface area contributed by atoms with Crippen LogP contribution in [0.2, 0.25) is 0 Å². The third kappa shape index (κ3) is 6.91. The molecule has 4 nitrogen and oxygen atoms in total. The highest BCUT2D eigenvalue weighted by Crippen LogP contribution is 2.18. The summed E-state index contributed by atoms with van der Waals surface area (Å²) in [6.45, 7) is 2.32. The minimum atomic E-state index is -0.560. The van der Waals surface area contributed by atoms with Crippen LogP contribution < -0.4 is 15.8 Å². The third-order valence-electron chi connectivity index (χ3n) is 3.33. The van der Waals surface area contributed by atoms with Crippen LogP contribution in [0.3, 0.4) is 0 Å². The van der Waals surface area contributed by atoms with Gasteiger partial charge in [-0.2, -0.15) is 0 Å². The Bertz CT molecular complexity index is 640. The van der Waals surface area contributed by atoms with Crippen LogP contribution in [0.5, 0.6) is 5.75 Å². The van der Waals surface area contributed by atoms with Crippen LogP contribution in [-0.4, -0.2) is 24.6 Å². The highest BCUT2D eigenvalue weighted by atomic mass is 79.9. The predicted octanol–water partition coefficient (Wildman–Crippen LogP) is 3.32. The molecule has 0 spiro atoms. The standard InChI is InChI=1S/C18H21BrN2O2.ClH/c1-13(23-16-9-5-8-15(19)11-16)12-21-18(22)17(20)10-14-6-3-2-4-7-14;/h2-9,11,13,17H,10,12,20H2,1H3,(H,21,22);1H/t13?,17-;/m0./s1. The van der Waals surface area contributed by atoms with Gasteiger partial charge in [0, 0.05) is 4.47 Å². The van der Waals surface area contributed by atoms with Gasteiger partial charge in [0.25, 0.3) is 0 Å². The number of hydrogen-bond acceptors (Lipinski definition) is 3. The zero-order valence-electron chi connectivity index (χ0n) is 13.4. The van der Waals surface area contributed by atoms with Gasteiger partial charge in [0.15, 0.2) is 0 Å². The predicted molar refractivity (Wildman–Crippen MR) is 103 cm³/mol. The van der Waals surface area contributed by atoms with Crippen molar-refractivity contribution >= 4 is 34.2 Å². The van der Waals surface area contributed by atoms with Crippen LogP contribution in [0.1, 0.15) is 12.5 Å². The lowest BCUT2D eigenvalue weighted by Crippen LogP contribution is -2.45. The SMILES string of the molecule is CC(CNC(=O)[C@@H](N)Cc1ccccc1)Oc1cccc(Br)c1.Cl. The number of nitrogens with two attached hydrogens (primary N) is 1. The molecule has 0 heterocycles. The number of hydrogen-bond donors (Lipinski definition) is 2. The van der Waals surface area contributed by atoms with Crippen molar-refractivity contribution in [1.29, 1.82) is 0 Å². The van der Waals surface area contributed by atoms with Crippen molar-refractivity contribution in [2.75, 3.05) is 6.54 Å². The van der Waals surface area contributed by atoms with E-state index in [9.17, 15) is 4.79 Å². The van der Waals surface area contributed by atoms with Gasteiger partial charge in [-0.05, 0) is 37.1 Å². The van der Waals surface area contributed by atoms with Crippen molar-refractivity contribution in [1.82, 2.24) is 5.32 Å². The summed E-state index contributed by atoms with van der Waals surface area (Å²) in [5.41, 5.74) is 7.00. The third-order valence-corrected chi connectivity index (χ3v) is 3.83. The number of nitrogens with one attached hydrogen (secondary N) is 1. The molecule has 2 atom stereocenters. The van der Waals surface area contributed by atoms with Crippen LogP contribution >= 0.6 is 28.3 Å². The van der Waals surface area contributed by atoms with E-state index in [0.29, 0.717) is 13.0 Å². The Kier molecular flexibility index (Phi) is 8.82. The molecule has 130 valence electrons. The number of halogens is 2. The van der Waals surface area contributed by atoms with E-state index < -0.39 is 6.04 Å². The largest absolute Gasteiger partial charge is 0.489 e. The van der Waals surface area contributed by atoms with Gasteiger partial charge in [-0.25, -0.2) is 0 Å². The Morgan fingerprint density at radius 2 is 1.92 bits per heavy atom. The molecule has 0 saturated heterocycles. The molecule has 6 heteroatoms. The first kappa shape index (κ1) is 20.5. The molecule has 0 aliphatic rings. The Labute approximate surface area is 157 Å². The highest BCUT2D eigenvalue weighted by Gasteiger charge is 2.15. The summed E-state index contributed by atoms with van der Waals surface area (Å²) >= 11 is 3.40. The summed E-state index contributed by atoms with van der Waals surface area (Å²) in [5, 5.41) is 2.84. The molecule has 2 rings (SSSR count). The average Bonchev–Trinajstić information content (AvgIpc) is 2.53. The highest BCUT2D eigenvalue weighted by molar-refractivity contribution is 9.10. The van der Waals surface area contributed by atoms with E-state index in [1.54, 1.807) is 0 Å². The zero-order chi connectivity index (χ0) is 16.7. The van der Waals surface area contributed by atoms with Crippen LogP contribution in [0.4, 0.5) is 0 Å². The first-order valence-corrected chi connectivity index (χ1v) is 8.33. The van der Waals surface area contributed by atoms with Crippen molar-refractivity contribution in [2.24, 2.45) is 5.73 Å². The van der Waals surface area contributed by atoms with Gasteiger partial charge in [0.2, 0.25) is 5.91 Å². The van der Waals surface area contributed by atoms with Gasteiger partial charge in [-0.1, -0.05) is 52.3 Å². The summed E-state index contributed by atoms with van der Waals surface area (Å²) in [6.07, 6.45) is 0.380. The number of rotatable bonds is 7. The van der Waals surface area contributed by atoms with Gasteiger partial charge in [0.1, 0.15) is 11.9 Å². The number of benzene rings is 2. The quantitative estimate of drug-likeness (QED) is 0.732. The monoisotopic (exact) mass is 412 g/mol. The Hall–Kier alpha value is -1.56. The summed E-state index contributed by atoms with van der Waals surface area (Å²) in [6, 6.07) is 16.8. The summed E-state index contributed by atoms with van der Waals surface area (Å²) in [5.74, 6) is 0.591. The Morgan fingerprint density at radius 1 is 1.21 bits per heavy atom. The molecule has 0 aliphatic heterocycles. The molecule has 2 aromatic rings. The van der Waals surface area contributed by atoms with E-state index in [1.165, 1.54) is 0 Å². The lowest BCUT2D eigenvalue weighted by atomic mass is 10.1. The molecule has 0 aliphatic carbocycles. The van der Waals surface area contributed by atoms with Crippen molar-refractivity contribution in [3.05, 3.63) is 64.6 Å². The minimum Gasteiger partial charge on any atom is -0.489 e. The summed E-state index contributed by atoms with van der Waals surface area (Å²) < 4.78 is 6.71. The Morgan fingerprint density at radius 3 is 2.58 bits per heavy atom. The fraction of sp³-hybridized carbons (Fsp3) is 0.278. The van der Waals surface area contributed by atoms with Gasteiger partial charge >= 0.3 is 0 Å². The lowest BCUT2D eigenvalue weighted by molar-refractivity contribution is -0.122. The first-order valence-electron chi connectivity index (χ1n) is 7.54. The maximum Gasteiger partial charge on any atom is 0.237 e. The van der Waals surface area contributed by atoms with Crippen LogP contribution in [-0.2, 0) is 11.2 Å². The number of ether oxygens (including phenoxy) is 1. The number of carbonyl (C=O) groups is 1. The Balaban J connectivity index is 0.00000288. The van der Waals surface area contributed by atoms with Crippen molar-refractivity contribution in [3.8, 4) is 5.75 Å². The van der Waals surface area contributed by atoms with Gasteiger partial charge in [-0.3, -0.25) is 4.79 Å². The van der Waals surface area contributed by atoms with Crippen LogP contribution in [0, 0.1) is 0 Å². The lowest BCUT2D eigenvalue weighted by Gasteiger charge is -2.17. The summed E-state index contributed by atoms with van der Waals surface area (Å²) in [4.78, 5) is 12.1. The van der Waals surface area contributed by atoms with E-state index in [2.05, 4.69) is 21.2 Å². The van der Waals surface area contributed by atoms with Crippen molar-refractivity contribution < 1.29 is 9.53 Å². The molecular formula is C18H22BrClN2O2. The van der Waals surface area contributed by atoms with Crippen molar-refractivity contribution in [3.63, 3.8) is 0 Å². The molecule has 0 radical (unpaired) electrons. The smallest absolute Gasteiger partial charge is 0.237 e. The normalized spacial score (nSPS) is 12.6. The van der Waals surface area contributed by atoms with E-state index >= 15 is 0 Å². The molecule has 3 N–H and O–H groups in total. The van der Waals surface area contributed by atoms with Gasteiger partial charge < -0.3 is 15.8 Å². The number of amides is 1. The maximum absolute atomic E-state index is 12.1. The molecule has 24 heavy (non-hydrogen) atoms. The second-order valence-electron chi connectivity index (χ2n) is 5.43. The summed E-state index contributed by atoms with van der Waals surface area (Å²) in [7, 11) is 0. The molecule has 0 aromatic heterocycles. The van der Waals surface area contributed by atoms with Gasteiger partial charge in [-0.15, -0.1) is 12.4 Å². The second kappa shape index (κ2) is 10.3. The zero-order valence-corrected chi connectivity index (χ0v) is 15.8. The van der Waals surface area contributed by atoms with E-state index in [0.717, 1.165) is 15.8 Å². The maximum atomic E-state index is 12.1. The topological polar surface area (TPSA) is 64.4 Å². The van der Waals surface area contributed by atoms with Gasteiger partial charge in [0.05, 0.1) is 12.6 Å². The molecule has 1 unspecified atom stereocenters. The fourth-order valence-electron chi connectivity index (χ4n) is 2.15. The average molecular weight is 414 g/mol. The van der Waals surface area contributed by atoms with Crippen LogP contribution in [0.25, 0.3) is 0 Å². The van der Waals surface area contributed by atoms with Crippen molar-refractivity contribution in [2.45, 2.75) is 25.5 Å².